The Bertz CT molecular complexity index is 534. The Morgan fingerprint density at radius 2 is 2.30 bits per heavy atom. The van der Waals surface area contributed by atoms with E-state index in [9.17, 15) is 9.18 Å². The van der Waals surface area contributed by atoms with Crippen molar-refractivity contribution < 1.29 is 18.3 Å². The standard InChI is InChI=1S/C16H24FN3O3/c1-12-19-14(10-23-12)8-20-5-3-16(17,4-6-20)11-18-15(21)13-2-7-22-9-13/h10,13H,2-9,11H2,1H3,(H,18,21). The summed E-state index contributed by atoms with van der Waals surface area (Å²) in [5, 5.41) is 2.76. The van der Waals surface area contributed by atoms with Crippen LogP contribution in [0.4, 0.5) is 4.39 Å². The topological polar surface area (TPSA) is 67.6 Å². The third-order valence-electron chi connectivity index (χ3n) is 4.68. The Hall–Kier alpha value is -1.47. The second-order valence-electron chi connectivity index (χ2n) is 6.56. The van der Waals surface area contributed by atoms with Gasteiger partial charge in [-0.1, -0.05) is 0 Å². The molecule has 1 atom stereocenters. The van der Waals surface area contributed by atoms with Gasteiger partial charge in [0.2, 0.25) is 5.91 Å². The molecule has 3 rings (SSSR count). The highest BCUT2D eigenvalue weighted by Crippen LogP contribution is 2.27. The number of carbonyl (C=O) groups is 1. The molecule has 3 heterocycles. The maximum Gasteiger partial charge on any atom is 0.225 e. The van der Waals surface area contributed by atoms with E-state index in [0.29, 0.717) is 51.6 Å². The number of rotatable bonds is 5. The smallest absolute Gasteiger partial charge is 0.225 e. The van der Waals surface area contributed by atoms with E-state index < -0.39 is 5.67 Å². The number of piperidine rings is 1. The van der Waals surface area contributed by atoms with Crippen molar-refractivity contribution in [2.24, 2.45) is 5.92 Å². The quantitative estimate of drug-likeness (QED) is 0.887. The van der Waals surface area contributed by atoms with E-state index in [1.165, 1.54) is 0 Å². The van der Waals surface area contributed by atoms with Crippen LogP contribution in [-0.2, 0) is 16.1 Å². The number of ether oxygens (including phenoxy) is 1. The van der Waals surface area contributed by atoms with Gasteiger partial charge in [-0.3, -0.25) is 9.69 Å². The Balaban J connectivity index is 1.42. The molecule has 23 heavy (non-hydrogen) atoms. The maximum absolute atomic E-state index is 14.8. The first-order valence-electron chi connectivity index (χ1n) is 8.22. The molecule has 1 aromatic heterocycles. The third-order valence-corrected chi connectivity index (χ3v) is 4.68. The number of nitrogens with zero attached hydrogens (tertiary/aromatic N) is 2. The molecule has 0 aliphatic carbocycles. The molecule has 1 N–H and O–H groups in total. The zero-order valence-corrected chi connectivity index (χ0v) is 13.5. The molecule has 1 aromatic rings. The fourth-order valence-corrected chi connectivity index (χ4v) is 3.13. The van der Waals surface area contributed by atoms with Crippen molar-refractivity contribution in [3.8, 4) is 0 Å². The highest BCUT2D eigenvalue weighted by molar-refractivity contribution is 5.79. The minimum Gasteiger partial charge on any atom is -0.449 e. The Morgan fingerprint density at radius 3 is 2.91 bits per heavy atom. The summed E-state index contributed by atoms with van der Waals surface area (Å²) >= 11 is 0. The SMILES string of the molecule is Cc1nc(CN2CCC(F)(CNC(=O)C3CCOC3)CC2)co1. The van der Waals surface area contributed by atoms with Gasteiger partial charge in [-0.2, -0.15) is 0 Å². The summed E-state index contributed by atoms with van der Waals surface area (Å²) in [4.78, 5) is 18.4. The van der Waals surface area contributed by atoms with Crippen molar-refractivity contribution in [1.82, 2.24) is 15.2 Å². The molecule has 7 heteroatoms. The summed E-state index contributed by atoms with van der Waals surface area (Å²) in [5.74, 6) is 0.449. The second kappa shape index (κ2) is 6.97. The van der Waals surface area contributed by atoms with Gasteiger partial charge >= 0.3 is 0 Å². The number of amides is 1. The zero-order chi connectivity index (χ0) is 16.3. The number of aryl methyl sites for hydroxylation is 1. The minimum absolute atomic E-state index is 0.0833. The van der Waals surface area contributed by atoms with E-state index >= 15 is 0 Å². The summed E-state index contributed by atoms with van der Waals surface area (Å²) < 4.78 is 25.2. The van der Waals surface area contributed by atoms with Gasteiger partial charge in [0.05, 0.1) is 24.8 Å². The molecule has 2 fully saturated rings. The lowest BCUT2D eigenvalue weighted by molar-refractivity contribution is -0.125. The Kier molecular flexibility index (Phi) is 4.96. The lowest BCUT2D eigenvalue weighted by atomic mass is 9.93. The van der Waals surface area contributed by atoms with Gasteiger partial charge in [-0.15, -0.1) is 0 Å². The second-order valence-corrected chi connectivity index (χ2v) is 6.56. The monoisotopic (exact) mass is 325 g/mol. The van der Waals surface area contributed by atoms with Gasteiger partial charge in [-0.05, 0) is 19.3 Å². The van der Waals surface area contributed by atoms with Crippen molar-refractivity contribution in [1.29, 1.82) is 0 Å². The first-order valence-corrected chi connectivity index (χ1v) is 8.22. The number of carbonyl (C=O) groups excluding carboxylic acids is 1. The number of halogens is 1. The molecule has 1 amide bonds. The number of hydrogen-bond acceptors (Lipinski definition) is 5. The first-order chi connectivity index (χ1) is 11.0. The highest BCUT2D eigenvalue weighted by atomic mass is 19.1. The number of hydrogen-bond donors (Lipinski definition) is 1. The van der Waals surface area contributed by atoms with Crippen molar-refractivity contribution >= 4 is 5.91 Å². The molecule has 128 valence electrons. The molecule has 0 aromatic carbocycles. The van der Waals surface area contributed by atoms with E-state index in [1.807, 2.05) is 6.92 Å². The van der Waals surface area contributed by atoms with Gasteiger partial charge in [0.1, 0.15) is 11.9 Å². The summed E-state index contributed by atoms with van der Waals surface area (Å²) in [6.07, 6.45) is 3.23. The predicted octanol–water partition coefficient (Wildman–Crippen LogP) is 1.44. The minimum atomic E-state index is -1.31. The van der Waals surface area contributed by atoms with Crippen LogP contribution in [0.2, 0.25) is 0 Å². The van der Waals surface area contributed by atoms with Crippen molar-refractivity contribution in [3.63, 3.8) is 0 Å². The maximum atomic E-state index is 14.8. The summed E-state index contributed by atoms with van der Waals surface area (Å²) in [6, 6.07) is 0. The highest BCUT2D eigenvalue weighted by Gasteiger charge is 2.36. The number of aromatic nitrogens is 1. The van der Waals surface area contributed by atoms with Gasteiger partial charge in [0.25, 0.3) is 0 Å². The molecule has 2 aliphatic rings. The normalized spacial score (nSPS) is 24.7. The fourth-order valence-electron chi connectivity index (χ4n) is 3.13. The summed E-state index contributed by atoms with van der Waals surface area (Å²) in [6.45, 7) is 4.98. The third kappa shape index (κ3) is 4.29. The lowest BCUT2D eigenvalue weighted by Crippen LogP contribution is -2.49. The molecule has 1 unspecified atom stereocenters. The van der Waals surface area contributed by atoms with Crippen LogP contribution in [0, 0.1) is 12.8 Å². The molecule has 0 saturated carbocycles. The van der Waals surface area contributed by atoms with Crippen LogP contribution < -0.4 is 5.32 Å². The van der Waals surface area contributed by atoms with E-state index in [1.54, 1.807) is 6.26 Å². The first kappa shape index (κ1) is 16.4. The number of oxazole rings is 1. The van der Waals surface area contributed by atoms with Gasteiger partial charge in [0, 0.05) is 33.2 Å². The Labute approximate surface area is 135 Å². The zero-order valence-electron chi connectivity index (χ0n) is 13.5. The van der Waals surface area contributed by atoms with Crippen LogP contribution in [0.3, 0.4) is 0 Å². The van der Waals surface area contributed by atoms with E-state index in [-0.39, 0.29) is 18.4 Å². The van der Waals surface area contributed by atoms with Crippen LogP contribution in [-0.4, -0.2) is 54.3 Å². The molecule has 2 aliphatic heterocycles. The molecule has 0 bridgehead atoms. The summed E-state index contributed by atoms with van der Waals surface area (Å²) in [5.41, 5.74) is -0.436. The average molecular weight is 325 g/mol. The molecule has 0 radical (unpaired) electrons. The predicted molar refractivity (Wildman–Crippen MR) is 81.5 cm³/mol. The number of nitrogens with one attached hydrogen (secondary N) is 1. The van der Waals surface area contributed by atoms with E-state index in [4.69, 9.17) is 9.15 Å². The van der Waals surface area contributed by atoms with E-state index in [0.717, 1.165) is 12.1 Å². The summed E-state index contributed by atoms with van der Waals surface area (Å²) in [7, 11) is 0. The fraction of sp³-hybridized carbons (Fsp3) is 0.750. The van der Waals surface area contributed by atoms with E-state index in [2.05, 4.69) is 15.2 Å². The Morgan fingerprint density at radius 1 is 1.52 bits per heavy atom. The van der Waals surface area contributed by atoms with Crippen LogP contribution in [0.5, 0.6) is 0 Å². The largest absolute Gasteiger partial charge is 0.449 e. The lowest BCUT2D eigenvalue weighted by Gasteiger charge is -2.36. The number of likely N-dealkylation sites (tertiary alicyclic amines) is 1. The van der Waals surface area contributed by atoms with Crippen LogP contribution in [0.1, 0.15) is 30.8 Å². The van der Waals surface area contributed by atoms with Gasteiger partial charge in [0.15, 0.2) is 5.89 Å². The molecule has 0 spiro atoms. The molecular formula is C16H24FN3O3. The number of alkyl halides is 1. The van der Waals surface area contributed by atoms with Crippen molar-refractivity contribution in [2.75, 3.05) is 32.8 Å². The molecule has 2 saturated heterocycles. The molecule has 6 nitrogen and oxygen atoms in total. The van der Waals surface area contributed by atoms with Gasteiger partial charge < -0.3 is 14.5 Å². The van der Waals surface area contributed by atoms with Crippen LogP contribution >= 0.6 is 0 Å². The van der Waals surface area contributed by atoms with Crippen LogP contribution in [0.15, 0.2) is 10.7 Å². The van der Waals surface area contributed by atoms with Gasteiger partial charge in [-0.25, -0.2) is 9.37 Å². The van der Waals surface area contributed by atoms with Crippen molar-refractivity contribution in [2.45, 2.75) is 38.4 Å². The molecular weight excluding hydrogens is 301 g/mol. The van der Waals surface area contributed by atoms with Crippen molar-refractivity contribution in [3.05, 3.63) is 17.8 Å². The average Bonchev–Trinajstić information content (AvgIpc) is 3.20. The van der Waals surface area contributed by atoms with Crippen LogP contribution in [0.25, 0.3) is 0 Å².